The second-order valence-corrected chi connectivity index (χ2v) is 1.70. The zero-order valence-corrected chi connectivity index (χ0v) is 6.75. The van der Waals surface area contributed by atoms with Crippen LogP contribution in [0.1, 0.15) is 25.7 Å². The van der Waals surface area contributed by atoms with E-state index in [1.54, 1.807) is 0 Å². The lowest BCUT2D eigenvalue weighted by molar-refractivity contribution is 0.137. The van der Waals surface area contributed by atoms with Gasteiger partial charge in [0, 0.05) is 0 Å². The molecular formula is C5H13O3P. The Morgan fingerprint density at radius 1 is 1.00 bits per heavy atom. The Labute approximate surface area is 57.7 Å². The van der Waals surface area contributed by atoms with Gasteiger partial charge in [-0.15, -0.1) is 0 Å². The highest BCUT2D eigenvalue weighted by Crippen LogP contribution is 2.15. The van der Waals surface area contributed by atoms with Crippen LogP contribution in [-0.2, 0) is 0 Å². The highest BCUT2D eigenvalue weighted by atomic mass is 31.0. The third kappa shape index (κ3) is 18.3. The largest absolute Gasteiger partial charge is 0.503 e. The molecule has 1 atom stereocenters. The molecule has 0 aliphatic heterocycles. The maximum absolute atomic E-state index is 8.56. The average Bonchev–Trinajstić information content (AvgIpc) is 1.19. The predicted octanol–water partition coefficient (Wildman–Crippen LogP) is 1.84. The molecule has 1 aliphatic rings. The number of hydrogen-bond donors (Lipinski definition) is 2. The summed E-state index contributed by atoms with van der Waals surface area (Å²) in [6.45, 7) is 0. The predicted molar refractivity (Wildman–Crippen MR) is 40.2 cm³/mol. The molecule has 1 aliphatic carbocycles. The van der Waals surface area contributed by atoms with Gasteiger partial charge >= 0.3 is 6.16 Å². The van der Waals surface area contributed by atoms with Gasteiger partial charge < -0.3 is 10.2 Å². The lowest BCUT2D eigenvalue weighted by Crippen LogP contribution is -1.85. The van der Waals surface area contributed by atoms with Crippen molar-refractivity contribution in [3.05, 3.63) is 0 Å². The van der Waals surface area contributed by atoms with Gasteiger partial charge in [0.15, 0.2) is 0 Å². The summed E-state index contributed by atoms with van der Waals surface area (Å²) >= 11 is 0. The van der Waals surface area contributed by atoms with Crippen molar-refractivity contribution in [3.8, 4) is 0 Å². The molecule has 0 aromatic carbocycles. The molecule has 0 bridgehead atoms. The van der Waals surface area contributed by atoms with E-state index in [-0.39, 0.29) is 9.90 Å². The summed E-state index contributed by atoms with van der Waals surface area (Å²) in [5.74, 6) is 0. The van der Waals surface area contributed by atoms with Gasteiger partial charge in [-0.2, -0.15) is 9.90 Å². The fraction of sp³-hybridized carbons (Fsp3) is 0.800. The first-order chi connectivity index (χ1) is 3.73. The Balaban J connectivity index is 0. The van der Waals surface area contributed by atoms with Crippen molar-refractivity contribution in [3.63, 3.8) is 0 Å². The van der Waals surface area contributed by atoms with E-state index in [2.05, 4.69) is 0 Å². The molecule has 0 aromatic rings. The first-order valence-corrected chi connectivity index (χ1v) is 2.65. The number of rotatable bonds is 0. The quantitative estimate of drug-likeness (QED) is 0.520. The molecule has 9 heavy (non-hydrogen) atoms. The van der Waals surface area contributed by atoms with Crippen molar-refractivity contribution < 1.29 is 15.0 Å². The van der Waals surface area contributed by atoms with Crippen LogP contribution in [-0.4, -0.2) is 16.4 Å². The summed E-state index contributed by atoms with van der Waals surface area (Å²) in [7, 11) is 0. The minimum Gasteiger partial charge on any atom is -0.450 e. The molecule has 0 heterocycles. The van der Waals surface area contributed by atoms with E-state index in [9.17, 15) is 0 Å². The fourth-order valence-corrected chi connectivity index (χ4v) is 0.250. The monoisotopic (exact) mass is 152 g/mol. The van der Waals surface area contributed by atoms with Crippen molar-refractivity contribution in [2.75, 3.05) is 0 Å². The zero-order valence-electron chi connectivity index (χ0n) is 5.34. The summed E-state index contributed by atoms with van der Waals surface area (Å²) in [5.41, 5.74) is 0. The standard InChI is InChI=1S/C4H8.CH2O3.H3P/c1-2-4-3-1;2-1(3)4;/h1-4H2;(H2,2,3,4);1H3. The van der Waals surface area contributed by atoms with Gasteiger partial charge in [0.2, 0.25) is 0 Å². The Kier molecular flexibility index (Phi) is 9.83. The molecule has 0 radical (unpaired) electrons. The summed E-state index contributed by atoms with van der Waals surface area (Å²) in [6.07, 6.45) is 4.17. The van der Waals surface area contributed by atoms with Crippen molar-refractivity contribution in [1.29, 1.82) is 0 Å². The molecular weight excluding hydrogens is 139 g/mol. The van der Waals surface area contributed by atoms with Gasteiger partial charge in [0.25, 0.3) is 0 Å². The lowest BCUT2D eigenvalue weighted by atomic mass is 10.0. The zero-order chi connectivity index (χ0) is 6.41. The van der Waals surface area contributed by atoms with Crippen molar-refractivity contribution in [2.45, 2.75) is 25.7 Å². The van der Waals surface area contributed by atoms with E-state index in [0.29, 0.717) is 0 Å². The molecule has 1 unspecified atom stereocenters. The maximum Gasteiger partial charge on any atom is 0.503 e. The highest BCUT2D eigenvalue weighted by Gasteiger charge is 1.95. The van der Waals surface area contributed by atoms with Crippen LogP contribution in [0, 0.1) is 0 Å². The summed E-state index contributed by atoms with van der Waals surface area (Å²) < 4.78 is 0. The van der Waals surface area contributed by atoms with Gasteiger partial charge in [-0.3, -0.25) is 0 Å². The van der Waals surface area contributed by atoms with Gasteiger partial charge in [-0.1, -0.05) is 25.7 Å². The molecule has 1 saturated carbocycles. The first kappa shape index (κ1) is 11.5. The maximum atomic E-state index is 8.56. The van der Waals surface area contributed by atoms with E-state index < -0.39 is 6.16 Å². The second-order valence-electron chi connectivity index (χ2n) is 1.70. The molecule has 0 saturated heterocycles. The molecule has 1 rings (SSSR count). The van der Waals surface area contributed by atoms with Crippen LogP contribution in [0.15, 0.2) is 0 Å². The lowest BCUT2D eigenvalue weighted by Gasteiger charge is -2.05. The fourth-order valence-electron chi connectivity index (χ4n) is 0.250. The molecule has 0 spiro atoms. The third-order valence-electron chi connectivity index (χ3n) is 1.000. The third-order valence-corrected chi connectivity index (χ3v) is 1.000. The summed E-state index contributed by atoms with van der Waals surface area (Å²) in [5, 5.41) is 13.9. The number of hydrogen-bond acceptors (Lipinski definition) is 1. The Hall–Kier alpha value is -0.300. The van der Waals surface area contributed by atoms with Crippen LogP contribution in [0.2, 0.25) is 0 Å². The van der Waals surface area contributed by atoms with Crippen LogP contribution in [0.5, 0.6) is 0 Å². The van der Waals surface area contributed by atoms with E-state index in [4.69, 9.17) is 15.0 Å². The summed E-state index contributed by atoms with van der Waals surface area (Å²) in [6, 6.07) is 0. The smallest absolute Gasteiger partial charge is 0.450 e. The number of carboxylic acid groups (broad SMARTS) is 2. The van der Waals surface area contributed by atoms with Gasteiger partial charge in [0.05, 0.1) is 0 Å². The van der Waals surface area contributed by atoms with Gasteiger partial charge in [-0.25, -0.2) is 4.79 Å². The molecule has 1 fully saturated rings. The Bertz CT molecular complexity index is 62.6. The average molecular weight is 152 g/mol. The van der Waals surface area contributed by atoms with Crippen LogP contribution in [0.4, 0.5) is 4.79 Å². The highest BCUT2D eigenvalue weighted by molar-refractivity contribution is 6.92. The molecule has 56 valence electrons. The van der Waals surface area contributed by atoms with Crippen LogP contribution in [0.3, 0.4) is 0 Å². The van der Waals surface area contributed by atoms with E-state index >= 15 is 0 Å². The Morgan fingerprint density at radius 2 is 1.11 bits per heavy atom. The summed E-state index contributed by atoms with van der Waals surface area (Å²) in [4.78, 5) is 8.56. The minimum atomic E-state index is -1.83. The van der Waals surface area contributed by atoms with Crippen LogP contribution < -0.4 is 0 Å². The van der Waals surface area contributed by atoms with Crippen LogP contribution in [0.25, 0.3) is 0 Å². The van der Waals surface area contributed by atoms with Gasteiger partial charge in [-0.05, 0) is 0 Å². The van der Waals surface area contributed by atoms with Crippen LogP contribution >= 0.6 is 9.90 Å². The normalized spacial score (nSPS) is 13.3. The van der Waals surface area contributed by atoms with E-state index in [1.165, 1.54) is 25.7 Å². The molecule has 2 N–H and O–H groups in total. The SMILES string of the molecule is C1CCC1.O=C(O)O.P. The molecule has 4 heteroatoms. The first-order valence-electron chi connectivity index (χ1n) is 2.65. The topological polar surface area (TPSA) is 57.5 Å². The van der Waals surface area contributed by atoms with E-state index in [1.807, 2.05) is 0 Å². The van der Waals surface area contributed by atoms with Crippen molar-refractivity contribution in [2.24, 2.45) is 0 Å². The molecule has 3 nitrogen and oxygen atoms in total. The van der Waals surface area contributed by atoms with E-state index in [0.717, 1.165) is 0 Å². The Morgan fingerprint density at radius 3 is 1.11 bits per heavy atom. The van der Waals surface area contributed by atoms with Crippen molar-refractivity contribution >= 4 is 16.1 Å². The van der Waals surface area contributed by atoms with Gasteiger partial charge in [0.1, 0.15) is 0 Å². The molecule has 0 amide bonds. The second kappa shape index (κ2) is 7.70. The molecule has 0 aromatic heterocycles. The van der Waals surface area contributed by atoms with Crippen molar-refractivity contribution in [1.82, 2.24) is 0 Å². The number of carbonyl (C=O) groups is 1. The minimum absolute atomic E-state index is 0.